The molecule has 0 aliphatic rings. The maximum Gasteiger partial charge on any atom is 0.251 e. The molecular weight excluding hydrogens is 361 g/mol. The summed E-state index contributed by atoms with van der Waals surface area (Å²) in [4.78, 5) is 22.2. The zero-order chi connectivity index (χ0) is 18.5. The van der Waals surface area contributed by atoms with Crippen LogP contribution in [0.1, 0.15) is 17.1 Å². The van der Waals surface area contributed by atoms with E-state index in [1.807, 2.05) is 0 Å². The van der Waals surface area contributed by atoms with Crippen LogP contribution in [0.2, 0.25) is 5.02 Å². The Bertz CT molecular complexity index is 1030. The van der Waals surface area contributed by atoms with Gasteiger partial charge in [0, 0.05) is 23.9 Å². The molecule has 3 rings (SSSR count). The summed E-state index contributed by atoms with van der Waals surface area (Å²) in [6, 6.07) is 7.52. The van der Waals surface area contributed by atoms with Gasteiger partial charge in [0.1, 0.15) is 17.8 Å². The molecule has 0 aliphatic heterocycles. The van der Waals surface area contributed by atoms with Crippen LogP contribution in [0.25, 0.3) is 5.70 Å². The van der Waals surface area contributed by atoms with Crippen LogP contribution in [0.4, 0.5) is 4.39 Å². The van der Waals surface area contributed by atoms with E-state index in [4.69, 9.17) is 21.9 Å². The third-order valence-corrected chi connectivity index (χ3v) is 3.68. The maximum atomic E-state index is 14.0. The monoisotopic (exact) mass is 373 g/mol. The topological polar surface area (TPSA) is 110 Å². The van der Waals surface area contributed by atoms with Crippen molar-refractivity contribution in [3.63, 3.8) is 0 Å². The molecule has 3 aromatic rings. The molecule has 1 aromatic carbocycles. The lowest BCUT2D eigenvalue weighted by Gasteiger charge is -2.04. The number of rotatable bonds is 5. The number of aromatic amines is 1. The van der Waals surface area contributed by atoms with Crippen molar-refractivity contribution >= 4 is 23.0 Å². The zero-order valence-electron chi connectivity index (χ0n) is 13.3. The van der Waals surface area contributed by atoms with E-state index in [0.717, 1.165) is 0 Å². The quantitative estimate of drug-likeness (QED) is 0.668. The molecule has 0 amide bonds. The van der Waals surface area contributed by atoms with Crippen molar-refractivity contribution in [1.82, 2.24) is 15.1 Å². The molecule has 26 heavy (non-hydrogen) atoms. The Labute approximate surface area is 152 Å². The molecule has 0 saturated carbocycles. The Kier molecular flexibility index (Phi) is 5.23. The average molecular weight is 374 g/mol. The molecule has 7 nitrogen and oxygen atoms in total. The third-order valence-electron chi connectivity index (χ3n) is 3.39. The van der Waals surface area contributed by atoms with E-state index in [-0.39, 0.29) is 28.6 Å². The molecule has 132 valence electrons. The fourth-order valence-electron chi connectivity index (χ4n) is 2.12. The number of aliphatic imine (C=N–C) groups is 1. The minimum atomic E-state index is -0.538. The summed E-state index contributed by atoms with van der Waals surface area (Å²) in [7, 11) is 0. The molecule has 0 spiro atoms. The second-order valence-electron chi connectivity index (χ2n) is 5.18. The van der Waals surface area contributed by atoms with E-state index < -0.39 is 5.82 Å². The number of aromatic nitrogens is 3. The number of allylic oxidation sites excluding steroid dienone is 1. The number of hydrogen-bond donors (Lipinski definition) is 2. The predicted molar refractivity (Wildman–Crippen MR) is 95.2 cm³/mol. The largest absolute Gasteiger partial charge is 0.396 e. The van der Waals surface area contributed by atoms with Crippen LogP contribution in [-0.2, 0) is 6.54 Å². The molecule has 0 bridgehead atoms. The van der Waals surface area contributed by atoms with E-state index in [1.54, 1.807) is 18.2 Å². The standard InChI is InChI=1S/C17H13ClFN5O2/c18-11-3-1-2-10(16(11)19)9-22-14(13-5-7-26-24-13)8-12(20)17-21-6-4-15(25)23-17/h1-8H,9,20H2,(H,21,23,25)/b12-8-,22-14?. The molecule has 0 fully saturated rings. The van der Waals surface area contributed by atoms with Crippen LogP contribution in [-0.4, -0.2) is 20.8 Å². The molecule has 2 aromatic heterocycles. The second kappa shape index (κ2) is 7.75. The minimum absolute atomic E-state index is 0.0110. The lowest BCUT2D eigenvalue weighted by atomic mass is 10.2. The highest BCUT2D eigenvalue weighted by molar-refractivity contribution is 6.30. The fraction of sp³-hybridized carbons (Fsp3) is 0.0588. The van der Waals surface area contributed by atoms with Gasteiger partial charge in [-0.2, -0.15) is 0 Å². The van der Waals surface area contributed by atoms with E-state index in [0.29, 0.717) is 17.0 Å². The molecule has 0 unspecified atom stereocenters. The smallest absolute Gasteiger partial charge is 0.251 e. The molecule has 0 aliphatic carbocycles. The van der Waals surface area contributed by atoms with Crippen LogP contribution < -0.4 is 11.3 Å². The summed E-state index contributed by atoms with van der Waals surface area (Å²) < 4.78 is 18.9. The molecule has 9 heteroatoms. The zero-order valence-corrected chi connectivity index (χ0v) is 14.1. The van der Waals surface area contributed by atoms with Gasteiger partial charge in [-0.25, -0.2) is 9.37 Å². The highest BCUT2D eigenvalue weighted by Gasteiger charge is 2.10. The number of nitrogens with zero attached hydrogens (tertiary/aromatic N) is 3. The number of nitrogens with two attached hydrogens (primary N) is 1. The van der Waals surface area contributed by atoms with Crippen molar-refractivity contribution in [2.45, 2.75) is 6.54 Å². The Hall–Kier alpha value is -3.26. The first-order valence-corrected chi connectivity index (χ1v) is 7.83. The lowest BCUT2D eigenvalue weighted by molar-refractivity contribution is 0.418. The fourth-order valence-corrected chi connectivity index (χ4v) is 2.31. The number of H-pyrrole nitrogens is 1. The third kappa shape index (κ3) is 4.04. The first kappa shape index (κ1) is 17.6. The van der Waals surface area contributed by atoms with E-state index >= 15 is 0 Å². The van der Waals surface area contributed by atoms with Gasteiger partial charge in [-0.1, -0.05) is 28.9 Å². The Morgan fingerprint density at radius 1 is 1.38 bits per heavy atom. The van der Waals surface area contributed by atoms with Crippen LogP contribution in [0.5, 0.6) is 0 Å². The van der Waals surface area contributed by atoms with Crippen molar-refractivity contribution in [1.29, 1.82) is 0 Å². The van der Waals surface area contributed by atoms with Crippen molar-refractivity contribution in [2.24, 2.45) is 10.7 Å². The van der Waals surface area contributed by atoms with Crippen molar-refractivity contribution < 1.29 is 8.91 Å². The Balaban J connectivity index is 1.97. The molecule has 0 atom stereocenters. The summed E-state index contributed by atoms with van der Waals surface area (Å²) in [5.74, 6) is -0.356. The van der Waals surface area contributed by atoms with E-state index in [9.17, 15) is 9.18 Å². The van der Waals surface area contributed by atoms with Crippen LogP contribution in [0.3, 0.4) is 0 Å². The minimum Gasteiger partial charge on any atom is -0.396 e. The van der Waals surface area contributed by atoms with Crippen molar-refractivity contribution in [3.8, 4) is 0 Å². The van der Waals surface area contributed by atoms with Gasteiger partial charge in [-0.05, 0) is 12.1 Å². The highest BCUT2D eigenvalue weighted by atomic mass is 35.5. The molecule has 0 saturated heterocycles. The first-order chi connectivity index (χ1) is 12.5. The van der Waals surface area contributed by atoms with E-state index in [2.05, 4.69) is 20.1 Å². The van der Waals surface area contributed by atoms with Gasteiger partial charge in [0.15, 0.2) is 5.82 Å². The summed E-state index contributed by atoms with van der Waals surface area (Å²) in [5.41, 5.74) is 6.86. The van der Waals surface area contributed by atoms with Gasteiger partial charge in [0.25, 0.3) is 5.56 Å². The summed E-state index contributed by atoms with van der Waals surface area (Å²) >= 11 is 5.78. The maximum absolute atomic E-state index is 14.0. The number of hydrogen-bond acceptors (Lipinski definition) is 6. The predicted octanol–water partition coefficient (Wildman–Crippen LogP) is 2.54. The molecule has 2 heterocycles. The number of halogens is 2. The summed E-state index contributed by atoms with van der Waals surface area (Å²) in [6.45, 7) is 0.0110. The van der Waals surface area contributed by atoms with Gasteiger partial charge < -0.3 is 15.2 Å². The Morgan fingerprint density at radius 3 is 2.96 bits per heavy atom. The van der Waals surface area contributed by atoms with E-state index in [1.165, 1.54) is 30.7 Å². The normalized spacial score (nSPS) is 12.4. The first-order valence-electron chi connectivity index (χ1n) is 7.45. The summed E-state index contributed by atoms with van der Waals surface area (Å²) in [6.07, 6.45) is 4.18. The highest BCUT2D eigenvalue weighted by Crippen LogP contribution is 2.19. The van der Waals surface area contributed by atoms with Gasteiger partial charge in [0.2, 0.25) is 0 Å². The summed E-state index contributed by atoms with van der Waals surface area (Å²) in [5, 5.41) is 3.83. The van der Waals surface area contributed by atoms with Gasteiger partial charge in [0.05, 0.1) is 23.0 Å². The van der Waals surface area contributed by atoms with Gasteiger partial charge in [-0.3, -0.25) is 9.79 Å². The van der Waals surface area contributed by atoms with Crippen molar-refractivity contribution in [2.75, 3.05) is 0 Å². The second-order valence-corrected chi connectivity index (χ2v) is 5.59. The lowest BCUT2D eigenvalue weighted by Crippen LogP contribution is -2.13. The number of nitrogens with one attached hydrogen (secondary N) is 1. The van der Waals surface area contributed by atoms with Crippen LogP contribution in [0, 0.1) is 5.82 Å². The number of benzene rings is 1. The SMILES string of the molecule is N/C(=C\C(=NCc1cccc(Cl)c1F)c1ccon1)c1nccc(=O)[nH]1. The molecule has 0 radical (unpaired) electrons. The van der Waals surface area contributed by atoms with Crippen molar-refractivity contribution in [3.05, 3.63) is 87.1 Å². The molecule has 3 N–H and O–H groups in total. The van der Waals surface area contributed by atoms with Gasteiger partial charge >= 0.3 is 0 Å². The van der Waals surface area contributed by atoms with Gasteiger partial charge in [-0.15, -0.1) is 0 Å². The van der Waals surface area contributed by atoms with Crippen LogP contribution in [0.15, 0.2) is 63.2 Å². The Morgan fingerprint density at radius 2 is 2.23 bits per heavy atom. The molecular formula is C17H13ClFN5O2. The average Bonchev–Trinajstić information content (AvgIpc) is 3.16. The van der Waals surface area contributed by atoms with Crippen LogP contribution >= 0.6 is 11.6 Å².